The van der Waals surface area contributed by atoms with Gasteiger partial charge in [-0.3, -0.25) is 0 Å². The first-order valence-corrected chi connectivity index (χ1v) is 8.24. The quantitative estimate of drug-likeness (QED) is 0.526. The zero-order valence-electron chi connectivity index (χ0n) is 13.2. The molecule has 0 aliphatic rings. The van der Waals surface area contributed by atoms with Crippen LogP contribution in [0.2, 0.25) is 0 Å². The molecular weight excluding hydrogens is 376 g/mol. The van der Waals surface area contributed by atoms with E-state index in [1.165, 1.54) is 6.07 Å². The molecule has 0 N–H and O–H groups in total. The second-order valence-electron chi connectivity index (χ2n) is 4.88. The van der Waals surface area contributed by atoms with Gasteiger partial charge < -0.3 is 14.2 Å². The van der Waals surface area contributed by atoms with E-state index in [2.05, 4.69) is 15.9 Å². The molecule has 2 aromatic carbocycles. The van der Waals surface area contributed by atoms with Crippen molar-refractivity contribution in [2.45, 2.75) is 13.3 Å². The number of rotatable bonds is 7. The minimum Gasteiger partial charge on any atom is -0.482 e. The van der Waals surface area contributed by atoms with Crippen LogP contribution in [0.25, 0.3) is 0 Å². The molecule has 0 fully saturated rings. The summed E-state index contributed by atoms with van der Waals surface area (Å²) in [5.41, 5.74) is 0.336. The van der Waals surface area contributed by atoms with Gasteiger partial charge in [0.25, 0.3) is 0 Å². The highest BCUT2D eigenvalue weighted by molar-refractivity contribution is 9.10. The zero-order valence-corrected chi connectivity index (χ0v) is 14.7. The third-order valence-corrected chi connectivity index (χ3v) is 3.44. The van der Waals surface area contributed by atoms with Gasteiger partial charge in [-0.1, -0.05) is 28.9 Å². The molecule has 2 aromatic rings. The molecule has 0 saturated heterocycles. The van der Waals surface area contributed by atoms with Gasteiger partial charge in [0.15, 0.2) is 6.61 Å². The summed E-state index contributed by atoms with van der Waals surface area (Å²) < 4.78 is 16.5. The standard InChI is InChI=1S/C18H17BrO5/c1-2-10-22-18(21)13-4-3-5-16(11-13)24-17(20)12-23-15-8-6-14(19)7-9-15/h3-9,11H,2,10,12H2,1H3. The Balaban J connectivity index is 1.89. The molecule has 126 valence electrons. The lowest BCUT2D eigenvalue weighted by Gasteiger charge is -2.08. The molecule has 0 radical (unpaired) electrons. The number of benzene rings is 2. The number of ether oxygens (including phenoxy) is 3. The molecule has 5 nitrogen and oxygen atoms in total. The monoisotopic (exact) mass is 392 g/mol. The molecule has 0 aromatic heterocycles. The highest BCUT2D eigenvalue weighted by Crippen LogP contribution is 2.17. The van der Waals surface area contributed by atoms with Crippen molar-refractivity contribution in [2.75, 3.05) is 13.2 Å². The topological polar surface area (TPSA) is 61.8 Å². The van der Waals surface area contributed by atoms with Crippen molar-refractivity contribution < 1.29 is 23.8 Å². The van der Waals surface area contributed by atoms with Crippen LogP contribution in [0.1, 0.15) is 23.7 Å². The van der Waals surface area contributed by atoms with E-state index in [0.717, 1.165) is 10.9 Å². The van der Waals surface area contributed by atoms with Crippen molar-refractivity contribution in [3.63, 3.8) is 0 Å². The van der Waals surface area contributed by atoms with Gasteiger partial charge >= 0.3 is 11.9 Å². The van der Waals surface area contributed by atoms with Gasteiger partial charge in [0.2, 0.25) is 0 Å². The zero-order chi connectivity index (χ0) is 17.4. The summed E-state index contributed by atoms with van der Waals surface area (Å²) in [5.74, 6) is -0.171. The molecule has 0 aliphatic carbocycles. The third kappa shape index (κ3) is 5.70. The van der Waals surface area contributed by atoms with Crippen LogP contribution in [0.15, 0.2) is 53.0 Å². The molecule has 0 atom stereocenters. The average Bonchev–Trinajstić information content (AvgIpc) is 2.59. The number of hydrogen-bond donors (Lipinski definition) is 0. The van der Waals surface area contributed by atoms with Gasteiger partial charge in [-0.2, -0.15) is 0 Å². The van der Waals surface area contributed by atoms with Crippen LogP contribution in [0.3, 0.4) is 0 Å². The lowest BCUT2D eigenvalue weighted by molar-refractivity contribution is -0.136. The van der Waals surface area contributed by atoms with Crippen LogP contribution >= 0.6 is 15.9 Å². The Morgan fingerprint density at radius 1 is 1.04 bits per heavy atom. The first kappa shape index (κ1) is 18.0. The lowest BCUT2D eigenvalue weighted by Crippen LogP contribution is -2.18. The molecule has 0 spiro atoms. The van der Waals surface area contributed by atoms with E-state index in [9.17, 15) is 9.59 Å². The number of carbonyl (C=O) groups is 2. The number of esters is 2. The normalized spacial score (nSPS) is 10.1. The molecular formula is C18H17BrO5. The summed E-state index contributed by atoms with van der Waals surface area (Å²) in [5, 5.41) is 0. The van der Waals surface area contributed by atoms with Gasteiger partial charge in [0.05, 0.1) is 12.2 Å². The van der Waals surface area contributed by atoms with Crippen LogP contribution in [0.5, 0.6) is 11.5 Å². The summed E-state index contributed by atoms with van der Waals surface area (Å²) in [4.78, 5) is 23.6. The fourth-order valence-corrected chi connectivity index (χ4v) is 2.06. The van der Waals surface area contributed by atoms with Gasteiger partial charge in [0, 0.05) is 4.47 Å². The van der Waals surface area contributed by atoms with Crippen molar-refractivity contribution in [1.29, 1.82) is 0 Å². The third-order valence-electron chi connectivity index (χ3n) is 2.91. The minimum atomic E-state index is -0.558. The Bertz CT molecular complexity index is 697. The highest BCUT2D eigenvalue weighted by Gasteiger charge is 2.11. The van der Waals surface area contributed by atoms with E-state index >= 15 is 0 Å². The first-order valence-electron chi connectivity index (χ1n) is 7.44. The Morgan fingerprint density at radius 3 is 2.50 bits per heavy atom. The van der Waals surface area contributed by atoms with E-state index in [1.54, 1.807) is 30.3 Å². The fraction of sp³-hybridized carbons (Fsp3) is 0.222. The maximum absolute atomic E-state index is 11.8. The molecule has 0 saturated carbocycles. The van der Waals surface area contributed by atoms with Gasteiger partial charge in [-0.15, -0.1) is 0 Å². The number of carbonyl (C=O) groups excluding carboxylic acids is 2. The summed E-state index contributed by atoms with van der Waals surface area (Å²) in [6, 6.07) is 13.4. The second-order valence-corrected chi connectivity index (χ2v) is 5.80. The summed E-state index contributed by atoms with van der Waals surface area (Å²) in [7, 11) is 0. The fourth-order valence-electron chi connectivity index (χ4n) is 1.80. The van der Waals surface area contributed by atoms with E-state index in [-0.39, 0.29) is 12.4 Å². The Morgan fingerprint density at radius 2 is 1.79 bits per heavy atom. The first-order chi connectivity index (χ1) is 11.6. The van der Waals surface area contributed by atoms with Gasteiger partial charge in [0.1, 0.15) is 11.5 Å². The molecule has 2 rings (SSSR count). The van der Waals surface area contributed by atoms with E-state index in [1.807, 2.05) is 19.1 Å². The van der Waals surface area contributed by atoms with Gasteiger partial charge in [-0.05, 0) is 48.9 Å². The SMILES string of the molecule is CCCOC(=O)c1cccc(OC(=O)COc2ccc(Br)cc2)c1. The van der Waals surface area contributed by atoms with Crippen molar-refractivity contribution in [3.8, 4) is 11.5 Å². The van der Waals surface area contributed by atoms with Crippen molar-refractivity contribution in [1.82, 2.24) is 0 Å². The van der Waals surface area contributed by atoms with E-state index < -0.39 is 11.9 Å². The Kier molecular flexibility index (Phi) is 6.81. The predicted molar refractivity (Wildman–Crippen MR) is 92.3 cm³/mol. The van der Waals surface area contributed by atoms with E-state index in [4.69, 9.17) is 14.2 Å². The Labute approximate surface area is 148 Å². The van der Waals surface area contributed by atoms with E-state index in [0.29, 0.717) is 17.9 Å². The van der Waals surface area contributed by atoms with Crippen LogP contribution in [0, 0.1) is 0 Å². The summed E-state index contributed by atoms with van der Waals surface area (Å²) >= 11 is 3.32. The highest BCUT2D eigenvalue weighted by atomic mass is 79.9. The molecule has 0 heterocycles. The molecule has 0 bridgehead atoms. The van der Waals surface area contributed by atoms with Crippen LogP contribution in [0.4, 0.5) is 0 Å². The minimum absolute atomic E-state index is 0.230. The molecule has 6 heteroatoms. The van der Waals surface area contributed by atoms with Crippen molar-refractivity contribution in [2.24, 2.45) is 0 Å². The molecule has 0 amide bonds. The van der Waals surface area contributed by atoms with Crippen LogP contribution in [-0.4, -0.2) is 25.2 Å². The summed E-state index contributed by atoms with van der Waals surface area (Å²) in [6.45, 7) is 2.03. The van der Waals surface area contributed by atoms with Crippen molar-refractivity contribution >= 4 is 27.9 Å². The maximum Gasteiger partial charge on any atom is 0.349 e. The van der Waals surface area contributed by atoms with Crippen molar-refractivity contribution in [3.05, 3.63) is 58.6 Å². The van der Waals surface area contributed by atoms with Crippen LogP contribution in [-0.2, 0) is 9.53 Å². The van der Waals surface area contributed by atoms with Crippen LogP contribution < -0.4 is 9.47 Å². The molecule has 0 unspecified atom stereocenters. The lowest BCUT2D eigenvalue weighted by atomic mass is 10.2. The smallest absolute Gasteiger partial charge is 0.349 e. The maximum atomic E-state index is 11.8. The number of halogens is 1. The predicted octanol–water partition coefficient (Wildman–Crippen LogP) is 4.00. The summed E-state index contributed by atoms with van der Waals surface area (Å²) in [6.07, 6.45) is 0.744. The largest absolute Gasteiger partial charge is 0.482 e. The Hall–Kier alpha value is -2.34. The molecule has 24 heavy (non-hydrogen) atoms. The van der Waals surface area contributed by atoms with Gasteiger partial charge in [-0.25, -0.2) is 9.59 Å². The molecule has 0 aliphatic heterocycles. The second kappa shape index (κ2) is 9.08. The average molecular weight is 393 g/mol. The number of hydrogen-bond acceptors (Lipinski definition) is 5.